The smallest absolute Gasteiger partial charge is 0.333 e. The Morgan fingerprint density at radius 3 is 2.40 bits per heavy atom. The van der Waals surface area contributed by atoms with Crippen molar-refractivity contribution in [1.82, 2.24) is 14.6 Å². The summed E-state index contributed by atoms with van der Waals surface area (Å²) in [7, 11) is -3.22. The van der Waals surface area contributed by atoms with Gasteiger partial charge in [-0.05, 0) is 68.7 Å². The second-order valence-electron chi connectivity index (χ2n) is 11.0. The largest absolute Gasteiger partial charge is 0.467 e. The van der Waals surface area contributed by atoms with Gasteiger partial charge < -0.3 is 9.26 Å². The Labute approximate surface area is 253 Å². The van der Waals surface area contributed by atoms with Crippen molar-refractivity contribution in [3.63, 3.8) is 0 Å². The molecule has 43 heavy (non-hydrogen) atoms. The number of H-pyrrole nitrogens is 1. The van der Waals surface area contributed by atoms with Gasteiger partial charge in [0, 0.05) is 11.1 Å². The molecule has 0 bridgehead atoms. The van der Waals surface area contributed by atoms with E-state index in [4.69, 9.17) is 18.8 Å². The van der Waals surface area contributed by atoms with Crippen LogP contribution in [-0.2, 0) is 13.6 Å². The van der Waals surface area contributed by atoms with E-state index in [-0.39, 0.29) is 12.4 Å². The Hall–Kier alpha value is -3.45. The summed E-state index contributed by atoms with van der Waals surface area (Å²) in [6.45, 7) is 6.22. The highest BCUT2D eigenvalue weighted by molar-refractivity contribution is 7.53. The molecule has 1 N–H and O–H groups in total. The number of nitrogens with one attached hydrogen (secondary N) is 1. The van der Waals surface area contributed by atoms with Gasteiger partial charge in [0.05, 0.1) is 29.7 Å². The molecule has 0 saturated heterocycles. The summed E-state index contributed by atoms with van der Waals surface area (Å²) in [4.78, 5) is 19.0. The number of aromatic amines is 1. The normalized spacial score (nSPS) is 14.9. The molecule has 8 nitrogen and oxygen atoms in total. The maximum absolute atomic E-state index is 14.0. The van der Waals surface area contributed by atoms with Gasteiger partial charge in [0.25, 0.3) is 5.56 Å². The molecular formula is C34H42N3O5P. The Balaban J connectivity index is 1.40. The van der Waals surface area contributed by atoms with E-state index in [0.29, 0.717) is 35.4 Å². The molecule has 228 valence electrons. The zero-order valence-electron chi connectivity index (χ0n) is 25.4. The zero-order valence-corrected chi connectivity index (χ0v) is 26.3. The van der Waals surface area contributed by atoms with Crippen LogP contribution in [0.3, 0.4) is 0 Å². The predicted molar refractivity (Wildman–Crippen MR) is 173 cm³/mol. The van der Waals surface area contributed by atoms with Gasteiger partial charge in [0.2, 0.25) is 0 Å². The lowest BCUT2D eigenvalue weighted by Crippen LogP contribution is -2.19. The topological polar surface area (TPSA) is 94.9 Å². The SMILES string of the molecule is CCCCOP(=O)(CCCC)OCOc1ccc(-c2c(C)nc3c(C4=CCCCC4)c(-c4ccccc4)[nH]n3c2=O)cc1. The van der Waals surface area contributed by atoms with Crippen molar-refractivity contribution in [3.8, 4) is 28.1 Å². The number of hydrogen-bond donors (Lipinski definition) is 1. The van der Waals surface area contributed by atoms with Gasteiger partial charge >= 0.3 is 7.60 Å². The number of aromatic nitrogens is 3. The van der Waals surface area contributed by atoms with Gasteiger partial charge in [-0.15, -0.1) is 0 Å². The molecule has 0 aliphatic heterocycles. The maximum Gasteiger partial charge on any atom is 0.333 e. The van der Waals surface area contributed by atoms with E-state index in [9.17, 15) is 9.36 Å². The van der Waals surface area contributed by atoms with Crippen molar-refractivity contribution in [2.75, 3.05) is 19.6 Å². The number of aryl methyl sites for hydroxylation is 1. The van der Waals surface area contributed by atoms with Crippen LogP contribution in [0.1, 0.15) is 76.5 Å². The van der Waals surface area contributed by atoms with Gasteiger partial charge in [0.1, 0.15) is 5.75 Å². The van der Waals surface area contributed by atoms with Crippen LogP contribution < -0.4 is 10.3 Å². The lowest BCUT2D eigenvalue weighted by atomic mass is 9.92. The minimum absolute atomic E-state index is 0.152. The van der Waals surface area contributed by atoms with Crippen molar-refractivity contribution >= 4 is 18.8 Å². The average molecular weight is 604 g/mol. The van der Waals surface area contributed by atoms with Crippen LogP contribution in [0.15, 0.2) is 65.5 Å². The summed E-state index contributed by atoms with van der Waals surface area (Å²) in [5.74, 6) is 0.545. The molecule has 9 heteroatoms. The average Bonchev–Trinajstić information content (AvgIpc) is 3.41. The van der Waals surface area contributed by atoms with Crippen molar-refractivity contribution in [2.24, 2.45) is 0 Å². The first-order valence-electron chi connectivity index (χ1n) is 15.5. The molecule has 2 heterocycles. The van der Waals surface area contributed by atoms with E-state index in [1.54, 1.807) is 16.6 Å². The third-order valence-corrected chi connectivity index (χ3v) is 9.76. The lowest BCUT2D eigenvalue weighted by Gasteiger charge is -2.18. The van der Waals surface area contributed by atoms with Gasteiger partial charge in [-0.3, -0.25) is 19.0 Å². The first-order chi connectivity index (χ1) is 20.9. The number of fused-ring (bicyclic) bond motifs is 1. The highest BCUT2D eigenvalue weighted by Crippen LogP contribution is 2.49. The Morgan fingerprint density at radius 1 is 0.930 bits per heavy atom. The number of ether oxygens (including phenoxy) is 1. The summed E-state index contributed by atoms with van der Waals surface area (Å²) >= 11 is 0. The van der Waals surface area contributed by atoms with E-state index in [0.717, 1.165) is 67.3 Å². The summed E-state index contributed by atoms with van der Waals surface area (Å²) in [6.07, 6.45) is 10.4. The van der Waals surface area contributed by atoms with Gasteiger partial charge in [0.15, 0.2) is 12.4 Å². The zero-order chi connectivity index (χ0) is 30.2. The Kier molecular flexibility index (Phi) is 10.3. The van der Waals surface area contributed by atoms with Crippen LogP contribution in [0.2, 0.25) is 0 Å². The number of unbranched alkanes of at least 4 members (excludes halogenated alkanes) is 2. The van der Waals surface area contributed by atoms with Gasteiger partial charge in [-0.1, -0.05) is 75.2 Å². The number of allylic oxidation sites excluding steroid dienone is 2. The van der Waals surface area contributed by atoms with Crippen molar-refractivity contribution in [3.05, 3.63) is 82.3 Å². The molecule has 5 rings (SSSR count). The first-order valence-corrected chi connectivity index (χ1v) is 17.2. The molecule has 0 radical (unpaired) electrons. The molecule has 2 aromatic carbocycles. The molecule has 4 aromatic rings. The van der Waals surface area contributed by atoms with Crippen molar-refractivity contribution in [2.45, 2.75) is 72.1 Å². The van der Waals surface area contributed by atoms with Crippen LogP contribution >= 0.6 is 7.60 Å². The number of rotatable bonds is 14. The molecular weight excluding hydrogens is 561 g/mol. The molecule has 0 saturated carbocycles. The fraction of sp³-hybridized carbons (Fsp3) is 0.412. The molecule has 1 aliphatic rings. The van der Waals surface area contributed by atoms with Crippen molar-refractivity contribution < 1.29 is 18.3 Å². The second-order valence-corrected chi connectivity index (χ2v) is 13.2. The quantitative estimate of drug-likeness (QED) is 0.0879. The van der Waals surface area contributed by atoms with Crippen LogP contribution in [0.25, 0.3) is 33.6 Å². The number of hydrogen-bond acceptors (Lipinski definition) is 6. The fourth-order valence-electron chi connectivity index (χ4n) is 5.45. The lowest BCUT2D eigenvalue weighted by molar-refractivity contribution is 0.0929. The van der Waals surface area contributed by atoms with Crippen molar-refractivity contribution in [1.29, 1.82) is 0 Å². The predicted octanol–water partition coefficient (Wildman–Crippen LogP) is 8.79. The van der Waals surface area contributed by atoms with E-state index < -0.39 is 7.60 Å². The summed E-state index contributed by atoms with van der Waals surface area (Å²) in [5.41, 5.74) is 6.62. The van der Waals surface area contributed by atoms with Gasteiger partial charge in [-0.25, -0.2) is 4.98 Å². The summed E-state index contributed by atoms with van der Waals surface area (Å²) in [5, 5.41) is 3.39. The third-order valence-electron chi connectivity index (χ3n) is 7.83. The third kappa shape index (κ3) is 7.20. The van der Waals surface area contributed by atoms with Crippen LogP contribution in [0.5, 0.6) is 5.75 Å². The Morgan fingerprint density at radius 2 is 1.70 bits per heavy atom. The highest BCUT2D eigenvalue weighted by Gasteiger charge is 2.25. The van der Waals surface area contributed by atoms with E-state index in [1.165, 1.54) is 12.0 Å². The van der Waals surface area contributed by atoms with E-state index in [2.05, 4.69) is 30.2 Å². The second kappa shape index (κ2) is 14.3. The molecule has 1 aliphatic carbocycles. The minimum Gasteiger partial charge on any atom is -0.467 e. The molecule has 1 atom stereocenters. The van der Waals surface area contributed by atoms with Crippen LogP contribution in [0.4, 0.5) is 0 Å². The molecule has 0 fully saturated rings. The van der Waals surface area contributed by atoms with E-state index >= 15 is 0 Å². The standard InChI is InChI=1S/C34H42N3O5P/c1-4-6-22-41-43(39,23-7-5-2)42-24-40-29-20-18-27(19-21-29)30-25(3)35-33-31(26-14-10-8-11-15-26)32(36-37(33)34(30)38)28-16-12-9-13-17-28/h9,12-14,16-21,36H,4-8,10-11,15,22-24H2,1-3H3. The summed E-state index contributed by atoms with van der Waals surface area (Å²) < 4.78 is 31.7. The highest BCUT2D eigenvalue weighted by atomic mass is 31.2. The minimum atomic E-state index is -3.22. The molecule has 0 spiro atoms. The van der Waals surface area contributed by atoms with Crippen LogP contribution in [-0.4, -0.2) is 34.2 Å². The monoisotopic (exact) mass is 603 g/mol. The van der Waals surface area contributed by atoms with Gasteiger partial charge in [-0.2, -0.15) is 4.52 Å². The molecule has 0 amide bonds. The number of benzene rings is 2. The number of nitrogens with zero attached hydrogens (tertiary/aromatic N) is 2. The van der Waals surface area contributed by atoms with E-state index in [1.807, 2.05) is 44.2 Å². The molecule has 1 unspecified atom stereocenters. The first kappa shape index (κ1) is 31.0. The summed E-state index contributed by atoms with van der Waals surface area (Å²) in [6, 6.07) is 17.4. The maximum atomic E-state index is 14.0. The fourth-order valence-corrected chi connectivity index (χ4v) is 7.11. The van der Waals surface area contributed by atoms with Crippen LogP contribution in [0, 0.1) is 6.92 Å². The Bertz CT molecular complexity index is 1660. The molecule has 2 aromatic heterocycles.